The number of halogens is 3. The molecule has 0 bridgehead atoms. The van der Waals surface area contributed by atoms with Crippen LogP contribution in [-0.4, -0.2) is 31.5 Å². The van der Waals surface area contributed by atoms with Crippen LogP contribution < -0.4 is 19.5 Å². The number of hydrogen-bond donors (Lipinski definition) is 1. The lowest BCUT2D eigenvalue weighted by Gasteiger charge is -2.09. The van der Waals surface area contributed by atoms with Crippen LogP contribution in [0.25, 0.3) is 0 Å². The van der Waals surface area contributed by atoms with Crippen LogP contribution in [-0.2, 0) is 17.0 Å². The standard InChI is InChI=1S/C21H19F3N2O4S2/c1-28-17-7-13(8-18(10-17)29-2)11-31-20-26-15(12-32-20)9-19(27)25-14-3-5-16(6-4-14)30-21(22,23)24/h3-8,10,12H,9,11H2,1-2H3,(H,25,27). The zero-order valence-corrected chi connectivity index (χ0v) is 18.7. The molecule has 0 aliphatic carbocycles. The Labute approximate surface area is 190 Å². The van der Waals surface area contributed by atoms with Crippen LogP contribution in [0.1, 0.15) is 11.3 Å². The highest BCUT2D eigenvalue weighted by Gasteiger charge is 2.30. The third-order valence-electron chi connectivity index (χ3n) is 4.02. The van der Waals surface area contributed by atoms with Crippen molar-refractivity contribution in [1.29, 1.82) is 0 Å². The first kappa shape index (κ1) is 23.7. The van der Waals surface area contributed by atoms with E-state index in [0.29, 0.717) is 28.6 Å². The average molecular weight is 485 g/mol. The van der Waals surface area contributed by atoms with Crippen molar-refractivity contribution in [2.75, 3.05) is 19.5 Å². The smallest absolute Gasteiger partial charge is 0.497 e. The quantitative estimate of drug-likeness (QED) is 0.403. The molecule has 0 aliphatic rings. The average Bonchev–Trinajstić information content (AvgIpc) is 3.19. The number of benzene rings is 2. The monoisotopic (exact) mass is 484 g/mol. The molecule has 0 atom stereocenters. The second kappa shape index (κ2) is 10.6. The van der Waals surface area contributed by atoms with Gasteiger partial charge in [-0.1, -0.05) is 11.8 Å². The van der Waals surface area contributed by atoms with Gasteiger partial charge in [0.25, 0.3) is 0 Å². The number of carbonyl (C=O) groups excluding carboxylic acids is 1. The van der Waals surface area contributed by atoms with Gasteiger partial charge < -0.3 is 19.5 Å². The predicted octanol–water partition coefficient (Wildman–Crippen LogP) is 5.53. The first-order valence-electron chi connectivity index (χ1n) is 9.19. The second-order valence-corrected chi connectivity index (χ2v) is 8.49. The molecule has 0 unspecified atom stereocenters. The molecule has 1 heterocycles. The molecule has 6 nitrogen and oxygen atoms in total. The number of thioether (sulfide) groups is 1. The Morgan fingerprint density at radius 1 is 1.06 bits per heavy atom. The number of ether oxygens (including phenoxy) is 3. The molecule has 1 amide bonds. The molecule has 3 rings (SSSR count). The number of methoxy groups -OCH3 is 2. The molecule has 0 saturated heterocycles. The topological polar surface area (TPSA) is 69.7 Å². The van der Waals surface area contributed by atoms with Gasteiger partial charge in [-0.2, -0.15) is 0 Å². The van der Waals surface area contributed by atoms with Gasteiger partial charge in [-0.3, -0.25) is 4.79 Å². The van der Waals surface area contributed by atoms with E-state index in [0.717, 1.165) is 22.0 Å². The number of anilines is 1. The first-order valence-corrected chi connectivity index (χ1v) is 11.1. The number of rotatable bonds is 9. The normalized spacial score (nSPS) is 11.2. The Kier molecular flexibility index (Phi) is 7.86. The van der Waals surface area contributed by atoms with Crippen molar-refractivity contribution >= 4 is 34.7 Å². The molecule has 0 saturated carbocycles. The molecule has 0 fully saturated rings. The summed E-state index contributed by atoms with van der Waals surface area (Å²) in [6.45, 7) is 0. The molecule has 0 radical (unpaired) electrons. The first-order chi connectivity index (χ1) is 15.2. The van der Waals surface area contributed by atoms with Gasteiger partial charge in [-0.05, 0) is 42.0 Å². The Bertz CT molecular complexity index is 1030. The molecule has 170 valence electrons. The van der Waals surface area contributed by atoms with E-state index in [2.05, 4.69) is 15.0 Å². The fourth-order valence-corrected chi connectivity index (χ4v) is 4.42. The molecular formula is C21H19F3N2O4S2. The zero-order chi connectivity index (χ0) is 23.1. The Morgan fingerprint density at radius 2 is 1.72 bits per heavy atom. The van der Waals surface area contributed by atoms with E-state index in [1.807, 2.05) is 12.1 Å². The minimum absolute atomic E-state index is 0.0465. The van der Waals surface area contributed by atoms with Crippen LogP contribution >= 0.6 is 23.1 Å². The third-order valence-corrected chi connectivity index (χ3v) is 6.16. The van der Waals surface area contributed by atoms with Crippen LogP contribution in [0.4, 0.5) is 18.9 Å². The molecule has 3 aromatic rings. The maximum absolute atomic E-state index is 12.2. The summed E-state index contributed by atoms with van der Waals surface area (Å²) in [6.07, 6.45) is -4.71. The lowest BCUT2D eigenvalue weighted by Crippen LogP contribution is -2.17. The minimum Gasteiger partial charge on any atom is -0.497 e. The van der Waals surface area contributed by atoms with Gasteiger partial charge in [0.1, 0.15) is 21.6 Å². The van der Waals surface area contributed by atoms with Crippen molar-refractivity contribution in [3.8, 4) is 17.2 Å². The fraction of sp³-hybridized carbons (Fsp3) is 0.238. The molecule has 1 N–H and O–H groups in total. The van der Waals surface area contributed by atoms with Crippen molar-refractivity contribution in [2.45, 2.75) is 22.9 Å². The van der Waals surface area contributed by atoms with Crippen LogP contribution in [0.5, 0.6) is 17.2 Å². The number of hydrogen-bond acceptors (Lipinski definition) is 7. The van der Waals surface area contributed by atoms with E-state index < -0.39 is 6.36 Å². The summed E-state index contributed by atoms with van der Waals surface area (Å²) in [7, 11) is 3.18. The van der Waals surface area contributed by atoms with E-state index in [1.54, 1.807) is 25.7 Å². The summed E-state index contributed by atoms with van der Waals surface area (Å²) in [5.41, 5.74) is 1.98. The van der Waals surface area contributed by atoms with Crippen LogP contribution in [0.15, 0.2) is 52.2 Å². The van der Waals surface area contributed by atoms with E-state index in [-0.39, 0.29) is 18.1 Å². The number of nitrogens with one attached hydrogen (secondary N) is 1. The van der Waals surface area contributed by atoms with E-state index in [1.165, 1.54) is 35.2 Å². The van der Waals surface area contributed by atoms with E-state index in [4.69, 9.17) is 9.47 Å². The van der Waals surface area contributed by atoms with Gasteiger partial charge >= 0.3 is 6.36 Å². The number of alkyl halides is 3. The summed E-state index contributed by atoms with van der Waals surface area (Å²) in [6, 6.07) is 10.6. The lowest BCUT2D eigenvalue weighted by molar-refractivity contribution is -0.274. The van der Waals surface area contributed by atoms with Crippen molar-refractivity contribution in [3.63, 3.8) is 0 Å². The zero-order valence-electron chi connectivity index (χ0n) is 17.1. The number of nitrogens with zero attached hydrogens (tertiary/aromatic N) is 1. The molecule has 11 heteroatoms. The molecule has 32 heavy (non-hydrogen) atoms. The van der Waals surface area contributed by atoms with Gasteiger partial charge in [0, 0.05) is 22.9 Å². The van der Waals surface area contributed by atoms with Gasteiger partial charge in [0.2, 0.25) is 5.91 Å². The summed E-state index contributed by atoms with van der Waals surface area (Å²) in [4.78, 5) is 16.7. The molecule has 2 aromatic carbocycles. The van der Waals surface area contributed by atoms with Gasteiger partial charge in [0.15, 0.2) is 0 Å². The molecule has 1 aromatic heterocycles. The van der Waals surface area contributed by atoms with Gasteiger partial charge in [-0.15, -0.1) is 24.5 Å². The highest BCUT2D eigenvalue weighted by atomic mass is 32.2. The van der Waals surface area contributed by atoms with Gasteiger partial charge in [0.05, 0.1) is 26.3 Å². The van der Waals surface area contributed by atoms with E-state index >= 15 is 0 Å². The predicted molar refractivity (Wildman–Crippen MR) is 117 cm³/mol. The second-order valence-electron chi connectivity index (χ2n) is 6.41. The third kappa shape index (κ3) is 7.34. The summed E-state index contributed by atoms with van der Waals surface area (Å²) in [5, 5.41) is 4.43. The maximum Gasteiger partial charge on any atom is 0.573 e. The number of thiazole rings is 1. The fourth-order valence-electron chi connectivity index (χ4n) is 2.64. The highest BCUT2D eigenvalue weighted by Crippen LogP contribution is 2.30. The van der Waals surface area contributed by atoms with Crippen molar-refractivity contribution in [2.24, 2.45) is 0 Å². The van der Waals surface area contributed by atoms with Crippen LogP contribution in [0.3, 0.4) is 0 Å². The molecule has 0 aliphatic heterocycles. The van der Waals surface area contributed by atoms with Crippen molar-refractivity contribution in [1.82, 2.24) is 4.98 Å². The van der Waals surface area contributed by atoms with Gasteiger partial charge in [-0.25, -0.2) is 4.98 Å². The molecular weight excluding hydrogens is 465 g/mol. The van der Waals surface area contributed by atoms with E-state index in [9.17, 15) is 18.0 Å². The highest BCUT2D eigenvalue weighted by molar-refractivity contribution is 8.00. The Hall–Kier alpha value is -2.92. The maximum atomic E-state index is 12.2. The molecule has 0 spiro atoms. The largest absolute Gasteiger partial charge is 0.573 e. The number of carbonyl (C=O) groups is 1. The van der Waals surface area contributed by atoms with Crippen LogP contribution in [0, 0.1) is 0 Å². The van der Waals surface area contributed by atoms with Crippen molar-refractivity contribution in [3.05, 3.63) is 59.1 Å². The minimum atomic E-state index is -4.76. The number of aromatic nitrogens is 1. The Balaban J connectivity index is 1.52. The summed E-state index contributed by atoms with van der Waals surface area (Å²) < 4.78 is 51.8. The number of amides is 1. The lowest BCUT2D eigenvalue weighted by atomic mass is 10.2. The van der Waals surface area contributed by atoms with Crippen LogP contribution in [0.2, 0.25) is 0 Å². The SMILES string of the molecule is COc1cc(CSc2nc(CC(=O)Nc3ccc(OC(F)(F)F)cc3)cs2)cc(OC)c1. The Morgan fingerprint density at radius 3 is 2.31 bits per heavy atom. The van der Waals surface area contributed by atoms with Crippen molar-refractivity contribution < 1.29 is 32.2 Å². The summed E-state index contributed by atoms with van der Waals surface area (Å²) in [5.74, 6) is 1.38. The summed E-state index contributed by atoms with van der Waals surface area (Å²) >= 11 is 2.96.